The number of hydrogen-bond acceptors (Lipinski definition) is 3. The molecule has 0 aliphatic carbocycles. The van der Waals surface area contributed by atoms with Crippen LogP contribution in [0.5, 0.6) is 5.75 Å². The Labute approximate surface area is 110 Å². The van der Waals surface area contributed by atoms with Crippen molar-refractivity contribution >= 4 is 11.4 Å². The summed E-state index contributed by atoms with van der Waals surface area (Å²) in [6.07, 6.45) is 3.31. The van der Waals surface area contributed by atoms with E-state index in [0.29, 0.717) is 16.9 Å². The summed E-state index contributed by atoms with van der Waals surface area (Å²) in [7, 11) is 0. The molecule has 2 heterocycles. The van der Waals surface area contributed by atoms with Crippen molar-refractivity contribution in [3.05, 3.63) is 65.6 Å². The third-order valence-corrected chi connectivity index (χ3v) is 3.05. The minimum absolute atomic E-state index is 0.0125. The van der Waals surface area contributed by atoms with Crippen LogP contribution in [0.4, 0.5) is 0 Å². The van der Waals surface area contributed by atoms with E-state index in [2.05, 4.69) is 4.98 Å². The number of nitrogens with zero attached hydrogens (tertiary/aromatic N) is 2. The number of pyridine rings is 1. The Balaban J connectivity index is 2.16. The molecule has 0 saturated carbocycles. The monoisotopic (exact) mass is 252 g/mol. The van der Waals surface area contributed by atoms with Gasteiger partial charge in [0.05, 0.1) is 11.8 Å². The molecule has 19 heavy (non-hydrogen) atoms. The van der Waals surface area contributed by atoms with E-state index >= 15 is 0 Å². The molecule has 2 aromatic heterocycles. The number of aromatic nitrogens is 2. The van der Waals surface area contributed by atoms with Gasteiger partial charge in [-0.15, -0.1) is 0 Å². The van der Waals surface area contributed by atoms with E-state index in [9.17, 15) is 9.90 Å². The van der Waals surface area contributed by atoms with Crippen LogP contribution in [0.2, 0.25) is 0 Å². The molecule has 3 rings (SSSR count). The average Bonchev–Trinajstić information content (AvgIpc) is 2.84. The maximum absolute atomic E-state index is 12.5. The Morgan fingerprint density at radius 1 is 1.26 bits per heavy atom. The van der Waals surface area contributed by atoms with Gasteiger partial charge in [0.25, 0.3) is 0 Å². The highest BCUT2D eigenvalue weighted by atomic mass is 16.3. The van der Waals surface area contributed by atoms with Crippen molar-refractivity contribution in [1.82, 2.24) is 9.38 Å². The molecule has 0 aliphatic rings. The van der Waals surface area contributed by atoms with Crippen LogP contribution in [0.25, 0.3) is 5.65 Å². The van der Waals surface area contributed by atoms with Gasteiger partial charge in [-0.1, -0.05) is 17.7 Å². The van der Waals surface area contributed by atoms with Gasteiger partial charge in [-0.3, -0.25) is 9.20 Å². The molecule has 3 aromatic rings. The first-order valence-corrected chi connectivity index (χ1v) is 5.93. The predicted octanol–water partition coefficient (Wildman–Crippen LogP) is 2.58. The average molecular weight is 252 g/mol. The molecule has 0 amide bonds. The largest absolute Gasteiger partial charge is 0.507 e. The zero-order chi connectivity index (χ0) is 13.4. The van der Waals surface area contributed by atoms with Gasteiger partial charge in [0, 0.05) is 6.20 Å². The highest BCUT2D eigenvalue weighted by molar-refractivity contribution is 6.10. The molecule has 0 atom stereocenters. The first-order chi connectivity index (χ1) is 9.16. The SMILES string of the molecule is Cc1ccc(O)c(C(=O)c2cnc3ccccn23)c1. The summed E-state index contributed by atoms with van der Waals surface area (Å²) in [5.74, 6) is -0.249. The third-order valence-electron chi connectivity index (χ3n) is 3.05. The second-order valence-electron chi connectivity index (χ2n) is 4.42. The van der Waals surface area contributed by atoms with Crippen molar-refractivity contribution in [2.45, 2.75) is 6.92 Å². The quantitative estimate of drug-likeness (QED) is 0.713. The summed E-state index contributed by atoms with van der Waals surface area (Å²) < 4.78 is 1.71. The van der Waals surface area contributed by atoms with Crippen LogP contribution in [0.1, 0.15) is 21.6 Å². The van der Waals surface area contributed by atoms with Crippen molar-refractivity contribution in [2.75, 3.05) is 0 Å². The zero-order valence-corrected chi connectivity index (χ0v) is 10.4. The molecule has 0 unspecified atom stereocenters. The number of carbonyl (C=O) groups excluding carboxylic acids is 1. The number of phenols is 1. The Morgan fingerprint density at radius 3 is 2.95 bits per heavy atom. The van der Waals surface area contributed by atoms with E-state index in [-0.39, 0.29) is 11.5 Å². The Kier molecular flexibility index (Phi) is 2.56. The highest BCUT2D eigenvalue weighted by Gasteiger charge is 2.17. The molecule has 0 saturated heterocycles. The van der Waals surface area contributed by atoms with Gasteiger partial charge in [0.2, 0.25) is 5.78 Å². The van der Waals surface area contributed by atoms with Gasteiger partial charge in [0.15, 0.2) is 0 Å². The molecule has 0 fully saturated rings. The van der Waals surface area contributed by atoms with Gasteiger partial charge in [0.1, 0.15) is 17.1 Å². The van der Waals surface area contributed by atoms with Crippen LogP contribution in [-0.4, -0.2) is 20.3 Å². The fourth-order valence-corrected chi connectivity index (χ4v) is 2.07. The molecule has 4 nitrogen and oxygen atoms in total. The Bertz CT molecular complexity index is 775. The lowest BCUT2D eigenvalue weighted by molar-refractivity contribution is 0.103. The molecule has 1 N–H and O–H groups in total. The standard InChI is InChI=1S/C15H12N2O2/c1-10-5-6-13(18)11(8-10)15(19)12-9-16-14-4-2-3-7-17(12)14/h2-9,18H,1H3. The number of imidazole rings is 1. The normalized spacial score (nSPS) is 10.8. The van der Waals surface area contributed by atoms with Crippen molar-refractivity contribution in [3.63, 3.8) is 0 Å². The second-order valence-corrected chi connectivity index (χ2v) is 4.42. The van der Waals surface area contributed by atoms with Crippen molar-refractivity contribution in [1.29, 1.82) is 0 Å². The minimum atomic E-state index is -0.236. The lowest BCUT2D eigenvalue weighted by atomic mass is 10.0. The maximum Gasteiger partial charge on any atom is 0.215 e. The molecular formula is C15H12N2O2. The van der Waals surface area contributed by atoms with Crippen LogP contribution in [0, 0.1) is 6.92 Å². The number of ketones is 1. The Morgan fingerprint density at radius 2 is 2.11 bits per heavy atom. The van der Waals surface area contributed by atoms with Crippen molar-refractivity contribution < 1.29 is 9.90 Å². The van der Waals surface area contributed by atoms with Crippen molar-refractivity contribution in [3.8, 4) is 5.75 Å². The fourth-order valence-electron chi connectivity index (χ4n) is 2.07. The van der Waals surface area contributed by atoms with E-state index in [1.165, 1.54) is 12.3 Å². The summed E-state index contributed by atoms with van der Waals surface area (Å²) in [6, 6.07) is 10.5. The number of carbonyl (C=O) groups is 1. The smallest absolute Gasteiger partial charge is 0.215 e. The van der Waals surface area contributed by atoms with E-state index in [0.717, 1.165) is 5.56 Å². The summed E-state index contributed by atoms with van der Waals surface area (Å²) in [5.41, 5.74) is 2.37. The van der Waals surface area contributed by atoms with Crippen LogP contribution in [0.3, 0.4) is 0 Å². The summed E-state index contributed by atoms with van der Waals surface area (Å²) >= 11 is 0. The second kappa shape index (κ2) is 4.24. The topological polar surface area (TPSA) is 54.6 Å². The molecular weight excluding hydrogens is 240 g/mol. The van der Waals surface area contributed by atoms with Gasteiger partial charge >= 0.3 is 0 Å². The molecule has 94 valence electrons. The zero-order valence-electron chi connectivity index (χ0n) is 10.4. The number of benzene rings is 1. The predicted molar refractivity (Wildman–Crippen MR) is 71.5 cm³/mol. The van der Waals surface area contributed by atoms with Crippen LogP contribution in [-0.2, 0) is 0 Å². The van der Waals surface area contributed by atoms with E-state index in [1.54, 1.807) is 22.7 Å². The first kappa shape index (κ1) is 11.5. The van der Waals surface area contributed by atoms with Crippen molar-refractivity contribution in [2.24, 2.45) is 0 Å². The number of rotatable bonds is 2. The molecule has 0 spiro atoms. The summed E-state index contributed by atoms with van der Waals surface area (Å²) in [4.78, 5) is 16.7. The van der Waals surface area contributed by atoms with E-state index < -0.39 is 0 Å². The molecule has 1 aromatic carbocycles. The van der Waals surface area contributed by atoms with E-state index in [4.69, 9.17) is 0 Å². The number of phenolic OH excluding ortho intramolecular Hbond substituents is 1. The number of hydrogen-bond donors (Lipinski definition) is 1. The molecule has 0 radical (unpaired) electrons. The summed E-state index contributed by atoms with van der Waals surface area (Å²) in [5, 5.41) is 9.83. The Hall–Kier alpha value is -2.62. The van der Waals surface area contributed by atoms with Gasteiger partial charge in [-0.2, -0.15) is 0 Å². The third kappa shape index (κ3) is 1.87. The maximum atomic E-state index is 12.5. The first-order valence-electron chi connectivity index (χ1n) is 5.93. The fraction of sp³-hybridized carbons (Fsp3) is 0.0667. The number of fused-ring (bicyclic) bond motifs is 1. The van der Waals surface area contributed by atoms with Crippen LogP contribution < -0.4 is 0 Å². The van der Waals surface area contributed by atoms with Crippen LogP contribution >= 0.6 is 0 Å². The molecule has 4 heteroatoms. The number of aryl methyl sites for hydroxylation is 1. The lowest BCUT2D eigenvalue weighted by Crippen LogP contribution is -2.05. The lowest BCUT2D eigenvalue weighted by Gasteiger charge is -2.05. The van der Waals surface area contributed by atoms with Crippen LogP contribution in [0.15, 0.2) is 48.8 Å². The van der Waals surface area contributed by atoms with Gasteiger partial charge < -0.3 is 5.11 Å². The van der Waals surface area contributed by atoms with E-state index in [1.807, 2.05) is 25.1 Å². The number of aromatic hydroxyl groups is 1. The van der Waals surface area contributed by atoms with Gasteiger partial charge in [-0.05, 0) is 31.2 Å². The summed E-state index contributed by atoms with van der Waals surface area (Å²) in [6.45, 7) is 1.88. The highest BCUT2D eigenvalue weighted by Crippen LogP contribution is 2.22. The molecule has 0 aliphatic heterocycles. The van der Waals surface area contributed by atoms with Gasteiger partial charge in [-0.25, -0.2) is 4.98 Å². The minimum Gasteiger partial charge on any atom is -0.507 e. The molecule has 0 bridgehead atoms.